The van der Waals surface area contributed by atoms with Gasteiger partial charge in [0.05, 0.1) is 13.7 Å². The maximum absolute atomic E-state index is 12.6. The van der Waals surface area contributed by atoms with Crippen LogP contribution in [0.5, 0.6) is 6.01 Å². The summed E-state index contributed by atoms with van der Waals surface area (Å²) in [6.07, 6.45) is -2.69. The number of rotatable bonds is 4. The summed E-state index contributed by atoms with van der Waals surface area (Å²) in [5, 5.41) is 0.246. The zero-order chi connectivity index (χ0) is 15.6. The second-order valence-corrected chi connectivity index (χ2v) is 5.77. The van der Waals surface area contributed by atoms with Crippen molar-refractivity contribution in [2.75, 3.05) is 13.4 Å². The average Bonchev–Trinajstić information content (AvgIpc) is 2.89. The van der Waals surface area contributed by atoms with E-state index in [-0.39, 0.29) is 17.7 Å². The van der Waals surface area contributed by atoms with E-state index in [9.17, 15) is 18.0 Å². The van der Waals surface area contributed by atoms with E-state index in [2.05, 4.69) is 9.97 Å². The Labute approximate surface area is 125 Å². The van der Waals surface area contributed by atoms with E-state index in [1.165, 1.54) is 24.9 Å². The van der Waals surface area contributed by atoms with Crippen molar-refractivity contribution in [1.82, 2.24) is 14.5 Å². The first-order chi connectivity index (χ1) is 9.85. The van der Waals surface area contributed by atoms with Crippen LogP contribution in [0, 0.1) is 0 Å². The first-order valence-corrected chi connectivity index (χ1v) is 7.62. The number of hydrogen-bond acceptors (Lipinski definition) is 6. The minimum absolute atomic E-state index is 0.0151. The third kappa shape index (κ3) is 3.56. The summed E-state index contributed by atoms with van der Waals surface area (Å²) < 4.78 is 43.7. The molecule has 2 aromatic heterocycles. The van der Waals surface area contributed by atoms with Gasteiger partial charge < -0.3 is 4.74 Å². The van der Waals surface area contributed by atoms with Gasteiger partial charge in [0.15, 0.2) is 5.16 Å². The number of thioether (sulfide) groups is 1. The largest absolute Gasteiger partial charge is 0.468 e. The highest BCUT2D eigenvalue weighted by molar-refractivity contribution is 7.98. The maximum Gasteiger partial charge on any atom is 0.425 e. The molecule has 0 aliphatic heterocycles. The molecule has 2 heterocycles. The first-order valence-electron chi connectivity index (χ1n) is 5.58. The Balaban J connectivity index is 2.35. The molecule has 0 aromatic carbocycles. The molecule has 21 heavy (non-hydrogen) atoms. The van der Waals surface area contributed by atoms with Gasteiger partial charge in [0, 0.05) is 4.88 Å². The smallest absolute Gasteiger partial charge is 0.425 e. The summed E-state index contributed by atoms with van der Waals surface area (Å²) in [6.45, 7) is -0.0720. The van der Waals surface area contributed by atoms with Gasteiger partial charge in [-0.15, -0.1) is 11.3 Å². The molecule has 0 unspecified atom stereocenters. The molecular weight excluding hydrogens is 327 g/mol. The monoisotopic (exact) mass is 337 g/mol. The van der Waals surface area contributed by atoms with Gasteiger partial charge >= 0.3 is 17.9 Å². The van der Waals surface area contributed by atoms with E-state index < -0.39 is 16.7 Å². The normalized spacial score (nSPS) is 11.7. The van der Waals surface area contributed by atoms with Gasteiger partial charge in [0.25, 0.3) is 0 Å². The second kappa shape index (κ2) is 6.06. The average molecular weight is 337 g/mol. The van der Waals surface area contributed by atoms with E-state index in [0.717, 1.165) is 10.6 Å². The highest BCUT2D eigenvalue weighted by Gasteiger charge is 2.32. The molecule has 0 bridgehead atoms. The molecule has 10 heteroatoms. The van der Waals surface area contributed by atoms with Gasteiger partial charge in [-0.1, -0.05) is 11.8 Å². The van der Waals surface area contributed by atoms with Gasteiger partial charge in [-0.3, -0.25) is 0 Å². The van der Waals surface area contributed by atoms with Crippen LogP contribution in [-0.4, -0.2) is 27.9 Å². The van der Waals surface area contributed by atoms with Crippen LogP contribution in [0.4, 0.5) is 13.2 Å². The van der Waals surface area contributed by atoms with Crippen molar-refractivity contribution in [1.29, 1.82) is 0 Å². The molecule has 2 aromatic rings. The first kappa shape index (κ1) is 15.8. The predicted octanol–water partition coefficient (Wildman–Crippen LogP) is 2.50. The Bertz CT molecular complexity index is 697. The van der Waals surface area contributed by atoms with Crippen molar-refractivity contribution >= 4 is 23.1 Å². The molecule has 0 fully saturated rings. The van der Waals surface area contributed by atoms with Crippen molar-refractivity contribution in [3.63, 3.8) is 0 Å². The number of halogens is 3. The van der Waals surface area contributed by atoms with Crippen LogP contribution in [0.2, 0.25) is 0 Å². The number of aromatic nitrogens is 3. The van der Waals surface area contributed by atoms with Gasteiger partial charge in [-0.05, 0) is 18.4 Å². The van der Waals surface area contributed by atoms with Crippen molar-refractivity contribution in [3.05, 3.63) is 32.4 Å². The third-order valence-electron chi connectivity index (χ3n) is 2.46. The van der Waals surface area contributed by atoms with Crippen LogP contribution in [0.1, 0.15) is 9.75 Å². The van der Waals surface area contributed by atoms with E-state index in [1.807, 2.05) is 0 Å². The third-order valence-corrected chi connectivity index (χ3v) is 4.13. The standard InChI is InChI=1S/C11H10F3N3O2S2/c1-19-10-16-8(20-2)15-9(18)17(10)5-6-3-4-7(21-6)11(12,13)14/h3-4H,5H2,1-2H3. The lowest BCUT2D eigenvalue weighted by Gasteiger charge is -2.09. The summed E-state index contributed by atoms with van der Waals surface area (Å²) in [5.41, 5.74) is -0.617. The molecule has 0 N–H and O–H groups in total. The Hall–Kier alpha value is -1.55. The predicted molar refractivity (Wildman–Crippen MR) is 73.0 cm³/mol. The van der Waals surface area contributed by atoms with Gasteiger partial charge in [0.2, 0.25) is 0 Å². The lowest BCUT2D eigenvalue weighted by atomic mass is 10.4. The fourth-order valence-electron chi connectivity index (χ4n) is 1.54. The van der Waals surface area contributed by atoms with E-state index in [4.69, 9.17) is 4.74 Å². The molecule has 0 atom stereocenters. The second-order valence-electron chi connectivity index (χ2n) is 3.83. The van der Waals surface area contributed by atoms with E-state index in [0.29, 0.717) is 16.2 Å². The Morgan fingerprint density at radius 3 is 2.62 bits per heavy atom. The van der Waals surface area contributed by atoms with E-state index >= 15 is 0 Å². The molecular formula is C11H10F3N3O2S2. The number of hydrogen-bond donors (Lipinski definition) is 0. The topological polar surface area (TPSA) is 57.0 Å². The minimum Gasteiger partial charge on any atom is -0.468 e. The lowest BCUT2D eigenvalue weighted by Crippen LogP contribution is -2.26. The number of methoxy groups -OCH3 is 1. The summed E-state index contributed by atoms with van der Waals surface area (Å²) in [5.74, 6) is 0. The zero-order valence-corrected chi connectivity index (χ0v) is 12.6. The van der Waals surface area contributed by atoms with Crippen LogP contribution in [0.25, 0.3) is 0 Å². The molecule has 0 spiro atoms. The van der Waals surface area contributed by atoms with Crippen LogP contribution >= 0.6 is 23.1 Å². The van der Waals surface area contributed by atoms with Crippen LogP contribution in [0.15, 0.2) is 22.1 Å². The molecule has 0 amide bonds. The molecule has 114 valence electrons. The van der Waals surface area contributed by atoms with Gasteiger partial charge in [0.1, 0.15) is 4.88 Å². The summed E-state index contributed by atoms with van der Waals surface area (Å²) in [6, 6.07) is 2.32. The number of thiophene rings is 1. The summed E-state index contributed by atoms with van der Waals surface area (Å²) in [7, 11) is 1.33. The lowest BCUT2D eigenvalue weighted by molar-refractivity contribution is -0.134. The Morgan fingerprint density at radius 1 is 1.38 bits per heavy atom. The van der Waals surface area contributed by atoms with Crippen LogP contribution < -0.4 is 10.4 Å². The van der Waals surface area contributed by atoms with Crippen molar-refractivity contribution < 1.29 is 17.9 Å². The van der Waals surface area contributed by atoms with Crippen LogP contribution in [0.3, 0.4) is 0 Å². The fraction of sp³-hybridized carbons (Fsp3) is 0.364. The molecule has 0 aliphatic carbocycles. The Morgan fingerprint density at radius 2 is 2.10 bits per heavy atom. The fourth-order valence-corrected chi connectivity index (χ4v) is 2.75. The molecule has 0 aliphatic rings. The van der Waals surface area contributed by atoms with Crippen molar-refractivity contribution in [2.45, 2.75) is 17.9 Å². The quantitative estimate of drug-likeness (QED) is 0.803. The SMILES string of the molecule is COc1nc(SC)nc(=O)n1Cc1ccc(C(F)(F)F)s1. The summed E-state index contributed by atoms with van der Waals surface area (Å²) >= 11 is 1.74. The number of ether oxygens (including phenoxy) is 1. The highest BCUT2D eigenvalue weighted by Crippen LogP contribution is 2.34. The molecule has 0 saturated carbocycles. The number of alkyl halides is 3. The summed E-state index contributed by atoms with van der Waals surface area (Å²) in [4.78, 5) is 19.2. The highest BCUT2D eigenvalue weighted by atomic mass is 32.2. The molecule has 2 rings (SSSR count). The number of nitrogens with zero attached hydrogens (tertiary/aromatic N) is 3. The maximum atomic E-state index is 12.6. The van der Waals surface area contributed by atoms with Gasteiger partial charge in [-0.25, -0.2) is 9.36 Å². The minimum atomic E-state index is -4.39. The molecule has 0 saturated heterocycles. The molecule has 0 radical (unpaired) electrons. The van der Waals surface area contributed by atoms with Gasteiger partial charge in [-0.2, -0.15) is 23.1 Å². The Kier molecular flexibility index (Phi) is 4.57. The van der Waals surface area contributed by atoms with Crippen LogP contribution in [-0.2, 0) is 12.7 Å². The van der Waals surface area contributed by atoms with Crippen molar-refractivity contribution in [2.24, 2.45) is 0 Å². The zero-order valence-electron chi connectivity index (χ0n) is 11.0. The van der Waals surface area contributed by atoms with E-state index in [1.54, 1.807) is 6.26 Å². The molecule has 5 nitrogen and oxygen atoms in total. The van der Waals surface area contributed by atoms with Crippen molar-refractivity contribution in [3.8, 4) is 6.01 Å².